The zero-order valence-electron chi connectivity index (χ0n) is 12.9. The van der Waals surface area contributed by atoms with Crippen LogP contribution in [0.1, 0.15) is 40.0 Å². The van der Waals surface area contributed by atoms with Gasteiger partial charge in [-0.25, -0.2) is 8.42 Å². The first-order valence-corrected chi connectivity index (χ1v) is 11.2. The highest BCUT2D eigenvalue weighted by Gasteiger charge is 2.36. The van der Waals surface area contributed by atoms with Crippen molar-refractivity contribution in [1.29, 1.82) is 0 Å². The van der Waals surface area contributed by atoms with Crippen LogP contribution < -0.4 is 0 Å². The largest absolute Gasteiger partial charge is 0.417 e. The van der Waals surface area contributed by atoms with E-state index in [0.29, 0.717) is 0 Å². The molecule has 0 N–H and O–H groups in total. The second kappa shape index (κ2) is 7.41. The minimum atomic E-state index is -3.20. The Bertz CT molecular complexity index is 403. The Morgan fingerprint density at radius 3 is 2.26 bits per heavy atom. The van der Waals surface area contributed by atoms with Gasteiger partial charge < -0.3 is 4.43 Å². The summed E-state index contributed by atoms with van der Waals surface area (Å²) in [4.78, 5) is 0. The summed E-state index contributed by atoms with van der Waals surface area (Å²) >= 11 is 0. The monoisotopic (exact) mass is 304 g/mol. The normalized spacial score (nSPS) is 13.9. The number of rotatable bonds is 8. The van der Waals surface area contributed by atoms with Gasteiger partial charge in [-0.05, 0) is 37.4 Å². The molecule has 0 fully saturated rings. The highest BCUT2D eigenvalue weighted by molar-refractivity contribution is 7.97. The molecule has 0 saturated carbocycles. The minimum Gasteiger partial charge on any atom is -0.417 e. The predicted octanol–water partition coefficient (Wildman–Crippen LogP) is 4.25. The quantitative estimate of drug-likeness (QED) is 0.497. The van der Waals surface area contributed by atoms with E-state index in [1.807, 2.05) is 0 Å². The molecule has 3 nitrogen and oxygen atoms in total. The Balaban J connectivity index is 3.88. The molecule has 0 unspecified atom stereocenters. The van der Waals surface area contributed by atoms with Gasteiger partial charge in [-0.15, -0.1) is 0 Å². The summed E-state index contributed by atoms with van der Waals surface area (Å²) in [5.74, 6) is 0. The van der Waals surface area contributed by atoms with Gasteiger partial charge in [-0.3, -0.25) is 0 Å². The molecule has 0 atom stereocenters. The van der Waals surface area contributed by atoms with Gasteiger partial charge in [0, 0.05) is 17.4 Å². The maximum absolute atomic E-state index is 11.1. The molecule has 0 heterocycles. The van der Waals surface area contributed by atoms with E-state index in [4.69, 9.17) is 4.43 Å². The zero-order chi connectivity index (χ0) is 15.2. The molecule has 0 bridgehead atoms. The van der Waals surface area contributed by atoms with Crippen LogP contribution in [0.5, 0.6) is 0 Å². The molecule has 0 aromatic rings. The summed E-state index contributed by atoms with van der Waals surface area (Å²) in [7, 11) is -4.83. The first-order valence-electron chi connectivity index (χ1n) is 6.70. The summed E-state index contributed by atoms with van der Waals surface area (Å²) in [6, 6.07) is 0. The van der Waals surface area contributed by atoms with Gasteiger partial charge in [0.2, 0.25) is 0 Å². The Morgan fingerprint density at radius 1 is 1.21 bits per heavy atom. The van der Waals surface area contributed by atoms with E-state index in [2.05, 4.69) is 40.4 Å². The Morgan fingerprint density at radius 2 is 1.79 bits per heavy atom. The van der Waals surface area contributed by atoms with Gasteiger partial charge >= 0.3 is 0 Å². The van der Waals surface area contributed by atoms with Crippen molar-refractivity contribution in [1.82, 2.24) is 0 Å². The molecule has 0 aliphatic rings. The topological polar surface area (TPSA) is 43.4 Å². The van der Waals surface area contributed by atoms with Gasteiger partial charge in [0.15, 0.2) is 18.2 Å². The van der Waals surface area contributed by atoms with Crippen LogP contribution in [0.3, 0.4) is 0 Å². The van der Waals surface area contributed by atoms with Crippen LogP contribution in [-0.4, -0.2) is 23.3 Å². The molecule has 19 heavy (non-hydrogen) atoms. The molecular weight excluding hydrogens is 276 g/mol. The lowest BCUT2D eigenvalue weighted by Crippen LogP contribution is -2.40. The summed E-state index contributed by atoms with van der Waals surface area (Å²) < 4.78 is 28.3. The van der Waals surface area contributed by atoms with E-state index >= 15 is 0 Å². The van der Waals surface area contributed by atoms with Gasteiger partial charge in [0.1, 0.15) is 0 Å². The fraction of sp³-hybridized carbons (Fsp3) is 0.714. The van der Waals surface area contributed by atoms with Crippen LogP contribution in [0, 0.1) is 0 Å². The van der Waals surface area contributed by atoms with E-state index in [1.54, 1.807) is 6.08 Å². The number of unbranched alkanes of at least 4 members (excludes halogenated alkanes) is 2. The lowest BCUT2D eigenvalue weighted by molar-refractivity contribution is 0.279. The van der Waals surface area contributed by atoms with Crippen LogP contribution in [0.15, 0.2) is 23.5 Å². The van der Waals surface area contributed by atoms with E-state index in [9.17, 15) is 8.42 Å². The van der Waals surface area contributed by atoms with Gasteiger partial charge in [-0.1, -0.05) is 33.4 Å². The lowest BCUT2D eigenvalue weighted by atomic mass is 10.2. The van der Waals surface area contributed by atoms with E-state index in [0.717, 1.165) is 31.3 Å². The summed E-state index contributed by atoms with van der Waals surface area (Å²) in [6.45, 7) is 15.2. The second-order valence-electron chi connectivity index (χ2n) is 6.23. The van der Waals surface area contributed by atoms with Crippen molar-refractivity contribution in [3.63, 3.8) is 0 Å². The average Bonchev–Trinajstić information content (AvgIpc) is 2.26. The second-order valence-corrected chi connectivity index (χ2v) is 12.8. The van der Waals surface area contributed by atoms with Crippen LogP contribution >= 0.6 is 0 Å². The summed E-state index contributed by atoms with van der Waals surface area (Å²) in [6.07, 6.45) is 4.35. The molecule has 5 heteroatoms. The standard InChI is InChI=1S/C14H28O3SSi/c1-7-18(15,16)13-11-9-8-10-12-17-19(5,6)14(2,3)4/h7,11,13H,1,8-10,12H2,2-6H3/b13-11+. The van der Waals surface area contributed by atoms with Gasteiger partial charge in [-0.2, -0.15) is 0 Å². The van der Waals surface area contributed by atoms with Crippen molar-refractivity contribution in [2.45, 2.75) is 58.2 Å². The van der Waals surface area contributed by atoms with E-state index < -0.39 is 18.2 Å². The van der Waals surface area contributed by atoms with E-state index in [-0.39, 0.29) is 5.04 Å². The Labute approximate surface area is 119 Å². The molecule has 0 spiro atoms. The highest BCUT2D eigenvalue weighted by atomic mass is 32.2. The van der Waals surface area contributed by atoms with Crippen molar-refractivity contribution in [3.8, 4) is 0 Å². The first kappa shape index (κ1) is 18.6. The number of hydrogen-bond acceptors (Lipinski definition) is 3. The number of sulfone groups is 1. The van der Waals surface area contributed by atoms with Crippen molar-refractivity contribution in [2.24, 2.45) is 0 Å². The fourth-order valence-corrected chi connectivity index (χ4v) is 2.77. The maximum atomic E-state index is 11.1. The van der Waals surface area contributed by atoms with Gasteiger partial charge in [0.25, 0.3) is 0 Å². The van der Waals surface area contributed by atoms with Crippen LogP contribution in [0.2, 0.25) is 18.1 Å². The maximum Gasteiger partial charge on any atom is 0.192 e. The van der Waals surface area contributed by atoms with Crippen molar-refractivity contribution in [3.05, 3.63) is 23.5 Å². The summed E-state index contributed by atoms with van der Waals surface area (Å²) in [5.41, 5.74) is 0. The van der Waals surface area contributed by atoms with Crippen LogP contribution in [-0.2, 0) is 14.3 Å². The zero-order valence-corrected chi connectivity index (χ0v) is 14.7. The van der Waals surface area contributed by atoms with Gasteiger partial charge in [0.05, 0.1) is 0 Å². The number of hydrogen-bond donors (Lipinski definition) is 0. The van der Waals surface area contributed by atoms with Crippen molar-refractivity contribution in [2.75, 3.05) is 6.61 Å². The predicted molar refractivity (Wildman–Crippen MR) is 85.3 cm³/mol. The molecule has 0 rings (SSSR count). The van der Waals surface area contributed by atoms with E-state index in [1.165, 1.54) is 5.41 Å². The van der Waals surface area contributed by atoms with Crippen molar-refractivity contribution >= 4 is 18.2 Å². The molecule has 0 aromatic heterocycles. The molecule has 112 valence electrons. The minimum absolute atomic E-state index is 0.241. The highest BCUT2D eigenvalue weighted by Crippen LogP contribution is 2.36. The first-order chi connectivity index (χ1) is 8.52. The molecule has 0 aliphatic heterocycles. The molecule has 0 radical (unpaired) electrons. The molecule has 0 amide bonds. The molecule has 0 saturated heterocycles. The fourth-order valence-electron chi connectivity index (χ4n) is 1.17. The van der Waals surface area contributed by atoms with Crippen LogP contribution in [0.4, 0.5) is 0 Å². The van der Waals surface area contributed by atoms with Crippen molar-refractivity contribution < 1.29 is 12.8 Å². The molecule has 0 aromatic carbocycles. The van der Waals surface area contributed by atoms with Crippen LogP contribution in [0.25, 0.3) is 0 Å². The SMILES string of the molecule is C=CS(=O)(=O)/C=C/CCCCO[Si](C)(C)C(C)(C)C. The average molecular weight is 305 g/mol. The number of allylic oxidation sites excluding steroid dienone is 1. The summed E-state index contributed by atoms with van der Waals surface area (Å²) in [5, 5.41) is 2.42. The smallest absolute Gasteiger partial charge is 0.192 e. The third kappa shape index (κ3) is 7.70. The molecular formula is C14H28O3SSi. The Hall–Kier alpha value is -0.393. The lowest BCUT2D eigenvalue weighted by Gasteiger charge is -2.36. The third-order valence-corrected chi connectivity index (χ3v) is 9.13. The Kier molecular flexibility index (Phi) is 7.25. The third-order valence-electron chi connectivity index (χ3n) is 3.55. The molecule has 0 aliphatic carbocycles.